The molecule has 0 aromatic carbocycles. The van der Waals surface area contributed by atoms with Gasteiger partial charge in [-0.05, 0) is 43.6 Å². The van der Waals surface area contributed by atoms with Crippen molar-refractivity contribution < 1.29 is 24.3 Å². The van der Waals surface area contributed by atoms with Crippen LogP contribution in [0.5, 0.6) is 0 Å². The first kappa shape index (κ1) is 29.5. The van der Waals surface area contributed by atoms with Crippen LogP contribution in [-0.2, 0) is 19.2 Å². The monoisotopic (exact) mass is 475 g/mol. The van der Waals surface area contributed by atoms with E-state index in [0.29, 0.717) is 18.6 Å². The molecule has 0 saturated carbocycles. The van der Waals surface area contributed by atoms with Gasteiger partial charge in [-0.2, -0.15) is 11.8 Å². The lowest BCUT2D eigenvalue weighted by atomic mass is 10.0. The van der Waals surface area contributed by atoms with Crippen LogP contribution in [-0.4, -0.2) is 78.0 Å². The molecule has 0 bridgehead atoms. The molecule has 13 heteroatoms. The Bertz CT molecular complexity index is 656. The number of hydrogen-bond donors (Lipinski definition) is 7. The van der Waals surface area contributed by atoms with Gasteiger partial charge in [0, 0.05) is 6.54 Å². The van der Waals surface area contributed by atoms with E-state index in [0.717, 1.165) is 0 Å². The topological polar surface area (TPSA) is 215 Å². The quantitative estimate of drug-likeness (QED) is 0.0771. The predicted octanol–water partition coefficient (Wildman–Crippen LogP) is -1.66. The van der Waals surface area contributed by atoms with E-state index in [1.54, 1.807) is 11.8 Å². The average Bonchev–Trinajstić information content (AvgIpc) is 2.70. The van der Waals surface area contributed by atoms with Crippen LogP contribution in [0.2, 0.25) is 0 Å². The summed E-state index contributed by atoms with van der Waals surface area (Å²) in [6, 6.07) is -2.77. The van der Waals surface area contributed by atoms with Gasteiger partial charge in [0.1, 0.15) is 12.1 Å². The van der Waals surface area contributed by atoms with Crippen molar-refractivity contribution in [1.29, 1.82) is 0 Å². The molecule has 3 amide bonds. The van der Waals surface area contributed by atoms with Crippen molar-refractivity contribution >= 4 is 41.4 Å². The van der Waals surface area contributed by atoms with Gasteiger partial charge in [0.25, 0.3) is 0 Å². The molecule has 0 rings (SSSR count). The number of aliphatic imine (C=N–C) groups is 1. The van der Waals surface area contributed by atoms with Crippen molar-refractivity contribution in [2.75, 3.05) is 25.1 Å². The number of rotatable bonds is 16. The van der Waals surface area contributed by atoms with E-state index in [9.17, 15) is 24.3 Å². The molecule has 0 aliphatic carbocycles. The van der Waals surface area contributed by atoms with Crippen molar-refractivity contribution in [3.63, 3.8) is 0 Å². The van der Waals surface area contributed by atoms with Crippen LogP contribution < -0.4 is 33.2 Å². The summed E-state index contributed by atoms with van der Waals surface area (Å²) < 4.78 is 0. The van der Waals surface area contributed by atoms with Crippen molar-refractivity contribution in [3.8, 4) is 0 Å². The number of amides is 3. The molecule has 0 spiro atoms. The molecular weight excluding hydrogens is 438 g/mol. The zero-order valence-electron chi connectivity index (χ0n) is 18.9. The van der Waals surface area contributed by atoms with Crippen LogP contribution in [0.3, 0.4) is 0 Å². The van der Waals surface area contributed by atoms with E-state index in [4.69, 9.17) is 17.2 Å². The number of nitrogens with two attached hydrogens (primary N) is 3. The molecule has 0 aliphatic heterocycles. The maximum atomic E-state index is 12.6. The second-order valence-corrected chi connectivity index (χ2v) is 8.69. The van der Waals surface area contributed by atoms with Gasteiger partial charge in [-0.15, -0.1) is 0 Å². The summed E-state index contributed by atoms with van der Waals surface area (Å²) in [6.45, 7) is 3.50. The molecule has 0 aromatic heterocycles. The molecule has 0 aliphatic rings. The Balaban J connectivity index is 4.94. The van der Waals surface area contributed by atoms with Crippen LogP contribution in [0.1, 0.15) is 39.5 Å². The third-order valence-electron chi connectivity index (χ3n) is 4.31. The number of hydrogen-bond acceptors (Lipinski definition) is 7. The lowest BCUT2D eigenvalue weighted by molar-refractivity contribution is -0.142. The second-order valence-electron chi connectivity index (χ2n) is 7.70. The van der Waals surface area contributed by atoms with E-state index >= 15 is 0 Å². The number of guanidine groups is 1. The van der Waals surface area contributed by atoms with Gasteiger partial charge >= 0.3 is 5.97 Å². The molecule has 0 aromatic rings. The smallest absolute Gasteiger partial charge is 0.326 e. The average molecular weight is 476 g/mol. The third kappa shape index (κ3) is 13.7. The Morgan fingerprint density at radius 1 is 1.03 bits per heavy atom. The summed E-state index contributed by atoms with van der Waals surface area (Å²) in [4.78, 5) is 52.1. The Kier molecular flexibility index (Phi) is 14.9. The van der Waals surface area contributed by atoms with Gasteiger partial charge in [-0.25, -0.2) is 4.79 Å². The maximum absolute atomic E-state index is 12.6. The van der Waals surface area contributed by atoms with Crippen LogP contribution in [0.4, 0.5) is 0 Å². The molecule has 0 saturated heterocycles. The zero-order valence-corrected chi connectivity index (χ0v) is 19.7. The van der Waals surface area contributed by atoms with E-state index in [2.05, 4.69) is 20.9 Å². The van der Waals surface area contributed by atoms with Gasteiger partial charge in [-0.3, -0.25) is 19.4 Å². The molecule has 10 N–H and O–H groups in total. The number of carboxylic acid groups (broad SMARTS) is 1. The van der Waals surface area contributed by atoms with Gasteiger partial charge in [-0.1, -0.05) is 13.8 Å². The number of carboxylic acids is 1. The van der Waals surface area contributed by atoms with Crippen LogP contribution in [0.15, 0.2) is 4.99 Å². The normalized spacial score (nSPS) is 13.5. The first-order valence-corrected chi connectivity index (χ1v) is 11.8. The van der Waals surface area contributed by atoms with Crippen LogP contribution in [0.25, 0.3) is 0 Å². The highest BCUT2D eigenvalue weighted by Crippen LogP contribution is 2.05. The molecular formula is C19H37N7O5S. The molecule has 3 atom stereocenters. The summed E-state index contributed by atoms with van der Waals surface area (Å²) in [7, 11) is 0. The van der Waals surface area contributed by atoms with Crippen molar-refractivity contribution in [3.05, 3.63) is 0 Å². The Hall–Kier alpha value is -2.54. The predicted molar refractivity (Wildman–Crippen MR) is 125 cm³/mol. The molecule has 3 unspecified atom stereocenters. The molecule has 184 valence electrons. The number of carbonyl (C=O) groups is 4. The lowest BCUT2D eigenvalue weighted by Gasteiger charge is -2.21. The van der Waals surface area contributed by atoms with Crippen molar-refractivity contribution in [1.82, 2.24) is 16.0 Å². The fourth-order valence-corrected chi connectivity index (χ4v) is 3.15. The third-order valence-corrected chi connectivity index (χ3v) is 4.96. The van der Waals surface area contributed by atoms with E-state index < -0.39 is 48.4 Å². The van der Waals surface area contributed by atoms with Gasteiger partial charge < -0.3 is 38.3 Å². The molecule has 0 heterocycles. The summed E-state index contributed by atoms with van der Waals surface area (Å²) in [5.41, 5.74) is 16.4. The number of thioether (sulfide) groups is 1. The minimum atomic E-state index is -1.15. The first-order valence-electron chi connectivity index (χ1n) is 10.4. The fourth-order valence-electron chi connectivity index (χ4n) is 2.66. The highest BCUT2D eigenvalue weighted by molar-refractivity contribution is 7.98. The lowest BCUT2D eigenvalue weighted by Crippen LogP contribution is -2.53. The summed E-state index contributed by atoms with van der Waals surface area (Å²) in [5.74, 6) is -2.20. The summed E-state index contributed by atoms with van der Waals surface area (Å²) in [6.07, 6.45) is 3.22. The SMILES string of the molecule is CSCCC(N)C(=O)NC(CCCN=C(N)N)C(=O)NCC(=O)NC(CC(C)C)C(=O)O. The highest BCUT2D eigenvalue weighted by Gasteiger charge is 2.25. The van der Waals surface area contributed by atoms with Crippen molar-refractivity contribution in [2.24, 2.45) is 28.1 Å². The zero-order chi connectivity index (χ0) is 24.7. The molecule has 0 fully saturated rings. The Morgan fingerprint density at radius 2 is 1.69 bits per heavy atom. The second kappa shape index (κ2) is 16.1. The van der Waals surface area contributed by atoms with Gasteiger partial charge in [0.05, 0.1) is 12.6 Å². The van der Waals surface area contributed by atoms with Gasteiger partial charge in [0.15, 0.2) is 5.96 Å². The van der Waals surface area contributed by atoms with E-state index in [1.807, 2.05) is 20.1 Å². The number of nitrogens with zero attached hydrogens (tertiary/aromatic N) is 1. The summed E-state index contributed by atoms with van der Waals surface area (Å²) in [5, 5.41) is 16.6. The molecule has 0 radical (unpaired) electrons. The largest absolute Gasteiger partial charge is 0.480 e. The number of aliphatic carboxylic acids is 1. The molecule has 12 nitrogen and oxygen atoms in total. The number of nitrogens with one attached hydrogen (secondary N) is 3. The fraction of sp³-hybridized carbons (Fsp3) is 0.737. The Morgan fingerprint density at radius 3 is 2.22 bits per heavy atom. The summed E-state index contributed by atoms with van der Waals surface area (Å²) >= 11 is 1.55. The molecule has 32 heavy (non-hydrogen) atoms. The highest BCUT2D eigenvalue weighted by atomic mass is 32.2. The minimum absolute atomic E-state index is 0.0612. The Labute approximate surface area is 192 Å². The van der Waals surface area contributed by atoms with Crippen molar-refractivity contribution in [2.45, 2.75) is 57.7 Å². The van der Waals surface area contributed by atoms with Crippen LogP contribution in [0, 0.1) is 5.92 Å². The maximum Gasteiger partial charge on any atom is 0.326 e. The van der Waals surface area contributed by atoms with E-state index in [-0.39, 0.29) is 31.3 Å². The van der Waals surface area contributed by atoms with E-state index in [1.165, 1.54) is 0 Å². The van der Waals surface area contributed by atoms with Crippen LogP contribution >= 0.6 is 11.8 Å². The first-order chi connectivity index (χ1) is 15.0. The standard InChI is InChI=1S/C19H37N7O5S/c1-11(2)9-14(18(30)31)25-15(27)10-24-17(29)13(5-4-7-23-19(21)22)26-16(28)12(20)6-8-32-3/h11-14H,4-10,20H2,1-3H3,(H,24,29)(H,25,27)(H,26,28)(H,30,31)(H4,21,22,23). The minimum Gasteiger partial charge on any atom is -0.480 e. The van der Waals surface area contributed by atoms with Gasteiger partial charge in [0.2, 0.25) is 17.7 Å². The number of carbonyl (C=O) groups excluding carboxylic acids is 3.